The van der Waals surface area contributed by atoms with E-state index >= 15 is 0 Å². The van der Waals surface area contributed by atoms with E-state index < -0.39 is 0 Å². The number of carbonyl (C=O) groups is 1. The second-order valence-corrected chi connectivity index (χ2v) is 5.69. The maximum absolute atomic E-state index is 11.7. The van der Waals surface area contributed by atoms with E-state index in [-0.39, 0.29) is 11.8 Å². The zero-order valence-corrected chi connectivity index (χ0v) is 13.1. The molecule has 0 bridgehead atoms. The molecule has 1 unspecified atom stereocenters. The zero-order chi connectivity index (χ0) is 15.6. The number of hydrogen-bond acceptors (Lipinski definition) is 6. The molecule has 21 heavy (non-hydrogen) atoms. The van der Waals surface area contributed by atoms with Gasteiger partial charge in [0.05, 0.1) is 5.92 Å². The van der Waals surface area contributed by atoms with Crippen LogP contribution >= 0.6 is 0 Å². The highest BCUT2D eigenvalue weighted by atomic mass is 16.1. The van der Waals surface area contributed by atoms with E-state index in [9.17, 15) is 4.79 Å². The highest BCUT2D eigenvalue weighted by Crippen LogP contribution is 2.39. The van der Waals surface area contributed by atoms with Crippen molar-refractivity contribution in [1.82, 2.24) is 15.3 Å². The molecular formula is C14H24N6O. The lowest BCUT2D eigenvalue weighted by Crippen LogP contribution is -2.35. The lowest BCUT2D eigenvalue weighted by molar-refractivity contribution is -0.123. The summed E-state index contributed by atoms with van der Waals surface area (Å²) < 4.78 is 0. The Balaban J connectivity index is 2.24. The van der Waals surface area contributed by atoms with Gasteiger partial charge >= 0.3 is 0 Å². The molecule has 7 heteroatoms. The first-order valence-corrected chi connectivity index (χ1v) is 7.25. The van der Waals surface area contributed by atoms with Gasteiger partial charge in [-0.1, -0.05) is 6.92 Å². The molecule has 1 atom stereocenters. The number of rotatable bonds is 6. The van der Waals surface area contributed by atoms with E-state index in [4.69, 9.17) is 5.84 Å². The number of nitrogens with one attached hydrogen (secondary N) is 2. The van der Waals surface area contributed by atoms with E-state index in [0.717, 1.165) is 30.0 Å². The van der Waals surface area contributed by atoms with E-state index in [0.29, 0.717) is 18.3 Å². The highest BCUT2D eigenvalue weighted by molar-refractivity contribution is 5.78. The molecule has 7 nitrogen and oxygen atoms in total. The maximum atomic E-state index is 11.7. The van der Waals surface area contributed by atoms with Crippen LogP contribution in [0, 0.1) is 12.8 Å². The maximum Gasteiger partial charge on any atom is 0.224 e. The Morgan fingerprint density at radius 2 is 2.14 bits per heavy atom. The Bertz CT molecular complexity index is 528. The van der Waals surface area contributed by atoms with Gasteiger partial charge in [-0.25, -0.2) is 15.8 Å². The van der Waals surface area contributed by atoms with Crippen LogP contribution < -0.4 is 21.5 Å². The van der Waals surface area contributed by atoms with Crippen molar-refractivity contribution >= 4 is 17.5 Å². The van der Waals surface area contributed by atoms with Crippen LogP contribution in [0.5, 0.6) is 0 Å². The lowest BCUT2D eigenvalue weighted by Gasteiger charge is -2.24. The first kappa shape index (κ1) is 15.5. The highest BCUT2D eigenvalue weighted by Gasteiger charge is 2.29. The Hall–Kier alpha value is -1.89. The summed E-state index contributed by atoms with van der Waals surface area (Å²) in [5, 5.41) is 2.67. The molecule has 1 aliphatic rings. The number of hydrazine groups is 1. The van der Waals surface area contributed by atoms with Crippen molar-refractivity contribution in [3.63, 3.8) is 0 Å². The van der Waals surface area contributed by atoms with Crippen molar-refractivity contribution in [2.75, 3.05) is 31.0 Å². The molecule has 1 saturated carbocycles. The van der Waals surface area contributed by atoms with Crippen molar-refractivity contribution in [2.45, 2.75) is 32.6 Å². The molecule has 0 saturated heterocycles. The molecule has 1 aliphatic carbocycles. The van der Waals surface area contributed by atoms with Gasteiger partial charge in [-0.05, 0) is 19.8 Å². The normalized spacial score (nSPS) is 15.5. The Morgan fingerprint density at radius 3 is 2.67 bits per heavy atom. The van der Waals surface area contributed by atoms with Crippen LogP contribution in [0.15, 0.2) is 0 Å². The second kappa shape index (κ2) is 6.26. The summed E-state index contributed by atoms with van der Waals surface area (Å²) in [7, 11) is 3.59. The minimum Gasteiger partial charge on any atom is -0.359 e. The number of carbonyl (C=O) groups excluding carboxylic acids is 1. The fraction of sp³-hybridized carbons (Fsp3) is 0.643. The molecule has 1 heterocycles. The third kappa shape index (κ3) is 3.41. The minimum absolute atomic E-state index is 0.0214. The van der Waals surface area contributed by atoms with Crippen LogP contribution in [0.2, 0.25) is 0 Å². The Kier molecular flexibility index (Phi) is 4.62. The molecule has 116 valence electrons. The van der Waals surface area contributed by atoms with Gasteiger partial charge in [0.1, 0.15) is 17.5 Å². The molecule has 2 rings (SSSR count). The van der Waals surface area contributed by atoms with Crippen molar-refractivity contribution in [3.05, 3.63) is 11.4 Å². The van der Waals surface area contributed by atoms with Gasteiger partial charge in [-0.15, -0.1) is 0 Å². The van der Waals surface area contributed by atoms with Gasteiger partial charge < -0.3 is 15.6 Å². The fourth-order valence-electron chi connectivity index (χ4n) is 2.38. The monoisotopic (exact) mass is 292 g/mol. The molecule has 0 spiro atoms. The quantitative estimate of drug-likeness (QED) is 0.529. The Labute approximate surface area is 125 Å². The third-order valence-corrected chi connectivity index (χ3v) is 3.82. The molecular weight excluding hydrogens is 268 g/mol. The van der Waals surface area contributed by atoms with Gasteiger partial charge in [0, 0.05) is 32.1 Å². The van der Waals surface area contributed by atoms with Gasteiger partial charge in [0.25, 0.3) is 0 Å². The van der Waals surface area contributed by atoms with Crippen LogP contribution in [0.3, 0.4) is 0 Å². The van der Waals surface area contributed by atoms with E-state index in [1.807, 2.05) is 25.8 Å². The number of nitrogens with two attached hydrogens (primary N) is 1. The molecule has 1 aromatic rings. The molecule has 1 aromatic heterocycles. The average Bonchev–Trinajstić information content (AvgIpc) is 3.30. The summed E-state index contributed by atoms with van der Waals surface area (Å²) >= 11 is 0. The fourth-order valence-corrected chi connectivity index (χ4v) is 2.38. The van der Waals surface area contributed by atoms with Crippen LogP contribution in [0.4, 0.5) is 11.6 Å². The second-order valence-electron chi connectivity index (χ2n) is 5.69. The van der Waals surface area contributed by atoms with Crippen LogP contribution in [-0.2, 0) is 4.79 Å². The Morgan fingerprint density at radius 1 is 1.48 bits per heavy atom. The summed E-state index contributed by atoms with van der Waals surface area (Å²) in [5.41, 5.74) is 3.54. The first-order chi connectivity index (χ1) is 9.97. The standard InChI is InChI=1S/C14H24N6O/c1-8(14(21)16-3)7-20(4)13-9(2)11(19-15)17-12(18-13)10-5-6-10/h8,10H,5-7,15H2,1-4H3,(H,16,21)(H,17,18,19). The summed E-state index contributed by atoms with van der Waals surface area (Å²) in [5.74, 6) is 8.23. The van der Waals surface area contributed by atoms with Gasteiger partial charge in [0.2, 0.25) is 5.91 Å². The SMILES string of the molecule is CNC(=O)C(C)CN(C)c1nc(C2CC2)nc(NN)c1C. The molecule has 0 aromatic carbocycles. The molecule has 1 amide bonds. The lowest BCUT2D eigenvalue weighted by atomic mass is 10.1. The van der Waals surface area contributed by atoms with E-state index in [1.165, 1.54) is 0 Å². The topological polar surface area (TPSA) is 96.2 Å². The van der Waals surface area contributed by atoms with Crippen LogP contribution in [0.1, 0.15) is 37.1 Å². The number of nitrogen functional groups attached to an aromatic ring is 1. The predicted molar refractivity (Wildman–Crippen MR) is 83.1 cm³/mol. The number of nitrogens with zero attached hydrogens (tertiary/aromatic N) is 3. The number of anilines is 2. The molecule has 4 N–H and O–H groups in total. The first-order valence-electron chi connectivity index (χ1n) is 7.25. The van der Waals surface area contributed by atoms with Crippen LogP contribution in [-0.4, -0.2) is 36.5 Å². The smallest absolute Gasteiger partial charge is 0.224 e. The predicted octanol–water partition coefficient (Wildman–Crippen LogP) is 0.766. The van der Waals surface area contributed by atoms with Crippen molar-refractivity contribution in [2.24, 2.45) is 11.8 Å². The number of hydrogen-bond donors (Lipinski definition) is 3. The van der Waals surface area contributed by atoms with E-state index in [2.05, 4.69) is 20.7 Å². The molecule has 0 aliphatic heterocycles. The third-order valence-electron chi connectivity index (χ3n) is 3.82. The summed E-state index contributed by atoms with van der Waals surface area (Å²) in [6.45, 7) is 4.42. The molecule has 0 radical (unpaired) electrons. The van der Waals surface area contributed by atoms with Gasteiger partial charge in [0.15, 0.2) is 0 Å². The van der Waals surface area contributed by atoms with Crippen molar-refractivity contribution in [3.8, 4) is 0 Å². The average molecular weight is 292 g/mol. The summed E-state index contributed by atoms with van der Waals surface area (Å²) in [6, 6.07) is 0. The van der Waals surface area contributed by atoms with Gasteiger partial charge in [-0.3, -0.25) is 4.79 Å². The van der Waals surface area contributed by atoms with Gasteiger partial charge in [-0.2, -0.15) is 0 Å². The number of amides is 1. The van der Waals surface area contributed by atoms with Crippen molar-refractivity contribution < 1.29 is 4.79 Å². The van der Waals surface area contributed by atoms with E-state index in [1.54, 1.807) is 7.05 Å². The number of aromatic nitrogens is 2. The zero-order valence-electron chi connectivity index (χ0n) is 13.1. The largest absolute Gasteiger partial charge is 0.359 e. The minimum atomic E-state index is -0.118. The summed E-state index contributed by atoms with van der Waals surface area (Å²) in [6.07, 6.45) is 2.26. The summed E-state index contributed by atoms with van der Waals surface area (Å²) in [4.78, 5) is 22.8. The van der Waals surface area contributed by atoms with Crippen LogP contribution in [0.25, 0.3) is 0 Å². The van der Waals surface area contributed by atoms with Crippen molar-refractivity contribution in [1.29, 1.82) is 0 Å². The molecule has 1 fully saturated rings.